The summed E-state index contributed by atoms with van der Waals surface area (Å²) in [5, 5.41) is 3.68. The van der Waals surface area contributed by atoms with E-state index in [9.17, 15) is 4.39 Å². The molecule has 0 aromatic heterocycles. The van der Waals surface area contributed by atoms with E-state index in [-0.39, 0.29) is 5.82 Å². The molecule has 1 aromatic carbocycles. The largest absolute Gasteiger partial charge is 0.310 e. The van der Waals surface area contributed by atoms with Crippen LogP contribution in [0.2, 0.25) is 0 Å². The lowest BCUT2D eigenvalue weighted by Gasteiger charge is -2.24. The van der Waals surface area contributed by atoms with Crippen LogP contribution in [0.5, 0.6) is 0 Å². The topological polar surface area (TPSA) is 12.0 Å². The Morgan fingerprint density at radius 1 is 1.32 bits per heavy atom. The number of hydrogen-bond acceptors (Lipinski definition) is 1. The molecule has 0 bridgehead atoms. The van der Waals surface area contributed by atoms with Crippen molar-refractivity contribution in [1.29, 1.82) is 0 Å². The first-order chi connectivity index (χ1) is 8.86. The highest BCUT2D eigenvalue weighted by molar-refractivity contribution is 5.38. The van der Waals surface area contributed by atoms with Crippen molar-refractivity contribution in [3.8, 4) is 0 Å². The lowest BCUT2D eigenvalue weighted by atomic mass is 9.90. The number of benzene rings is 1. The standard InChI is InChI=1S/C17H26FN/c1-6-7-19-16(14-10-17(14,4)5)15-11(2)8-13(18)9-12(15)3/h8-9,14,16,19H,6-7,10H2,1-5H3. The molecule has 1 aliphatic carbocycles. The maximum atomic E-state index is 13.5. The Hall–Kier alpha value is -0.890. The highest BCUT2D eigenvalue weighted by Gasteiger charge is 2.50. The SMILES string of the molecule is CCCNC(c1c(C)cc(F)cc1C)C1CC1(C)C. The highest BCUT2D eigenvalue weighted by atomic mass is 19.1. The second-order valence-electron chi connectivity index (χ2n) is 6.68. The maximum Gasteiger partial charge on any atom is 0.123 e. The van der Waals surface area contributed by atoms with Gasteiger partial charge in [-0.25, -0.2) is 4.39 Å². The Bertz CT molecular complexity index is 441. The zero-order valence-corrected chi connectivity index (χ0v) is 12.8. The monoisotopic (exact) mass is 263 g/mol. The van der Waals surface area contributed by atoms with Gasteiger partial charge < -0.3 is 5.32 Å². The van der Waals surface area contributed by atoms with Crippen LogP contribution in [0.4, 0.5) is 4.39 Å². The van der Waals surface area contributed by atoms with Gasteiger partial charge in [0.1, 0.15) is 5.82 Å². The molecule has 1 aliphatic rings. The van der Waals surface area contributed by atoms with Gasteiger partial charge >= 0.3 is 0 Å². The van der Waals surface area contributed by atoms with Crippen LogP contribution in [0.1, 0.15) is 56.3 Å². The minimum atomic E-state index is -0.122. The fourth-order valence-corrected chi connectivity index (χ4v) is 3.23. The normalized spacial score (nSPS) is 22.3. The molecule has 1 saturated carbocycles. The van der Waals surface area contributed by atoms with Crippen LogP contribution in [-0.2, 0) is 0 Å². The molecule has 2 heteroatoms. The van der Waals surface area contributed by atoms with E-state index in [4.69, 9.17) is 0 Å². The predicted molar refractivity (Wildman–Crippen MR) is 78.8 cm³/mol. The van der Waals surface area contributed by atoms with Crippen LogP contribution in [0.25, 0.3) is 0 Å². The summed E-state index contributed by atoms with van der Waals surface area (Å²) >= 11 is 0. The number of hydrogen-bond donors (Lipinski definition) is 1. The van der Waals surface area contributed by atoms with Gasteiger partial charge in [0.2, 0.25) is 0 Å². The third-order valence-electron chi connectivity index (χ3n) is 4.48. The van der Waals surface area contributed by atoms with Crippen LogP contribution in [0.15, 0.2) is 12.1 Å². The Labute approximate surface area is 116 Å². The van der Waals surface area contributed by atoms with Crippen molar-refractivity contribution < 1.29 is 4.39 Å². The summed E-state index contributed by atoms with van der Waals surface area (Å²) in [4.78, 5) is 0. The minimum Gasteiger partial charge on any atom is -0.310 e. The predicted octanol–water partition coefficient (Wildman–Crippen LogP) is 4.53. The summed E-state index contributed by atoms with van der Waals surface area (Å²) < 4.78 is 13.5. The molecular formula is C17H26FN. The van der Waals surface area contributed by atoms with Crippen LogP contribution in [-0.4, -0.2) is 6.54 Å². The zero-order valence-electron chi connectivity index (χ0n) is 12.8. The fourth-order valence-electron chi connectivity index (χ4n) is 3.23. The van der Waals surface area contributed by atoms with E-state index in [0.717, 1.165) is 24.1 Å². The smallest absolute Gasteiger partial charge is 0.123 e. The van der Waals surface area contributed by atoms with Gasteiger partial charge in [0.25, 0.3) is 0 Å². The van der Waals surface area contributed by atoms with Crippen molar-refractivity contribution in [3.63, 3.8) is 0 Å². The first-order valence-electron chi connectivity index (χ1n) is 7.37. The molecule has 0 radical (unpaired) electrons. The van der Waals surface area contributed by atoms with E-state index < -0.39 is 0 Å². The maximum absolute atomic E-state index is 13.5. The van der Waals surface area contributed by atoms with Crippen LogP contribution in [0, 0.1) is 31.0 Å². The summed E-state index contributed by atoms with van der Waals surface area (Å²) in [7, 11) is 0. The molecule has 106 valence electrons. The van der Waals surface area contributed by atoms with Crippen LogP contribution >= 0.6 is 0 Å². The Morgan fingerprint density at radius 2 is 1.84 bits per heavy atom. The Balaban J connectivity index is 2.33. The molecule has 0 amide bonds. The minimum absolute atomic E-state index is 0.122. The van der Waals surface area contributed by atoms with E-state index in [1.165, 1.54) is 12.0 Å². The van der Waals surface area contributed by atoms with E-state index >= 15 is 0 Å². The molecule has 0 aliphatic heterocycles. The third-order valence-corrected chi connectivity index (χ3v) is 4.48. The number of nitrogens with one attached hydrogen (secondary N) is 1. The van der Waals surface area contributed by atoms with Gasteiger partial charge in [0.05, 0.1) is 0 Å². The van der Waals surface area contributed by atoms with Crippen molar-refractivity contribution in [1.82, 2.24) is 5.32 Å². The summed E-state index contributed by atoms with van der Waals surface area (Å²) in [6, 6.07) is 3.70. The third kappa shape index (κ3) is 3.00. The molecule has 0 saturated heterocycles. The molecule has 2 atom stereocenters. The Kier molecular flexibility index (Phi) is 4.00. The van der Waals surface area contributed by atoms with Crippen molar-refractivity contribution in [2.75, 3.05) is 6.54 Å². The van der Waals surface area contributed by atoms with Gasteiger partial charge in [0.15, 0.2) is 0 Å². The average Bonchev–Trinajstić information content (AvgIpc) is 2.91. The van der Waals surface area contributed by atoms with Gasteiger partial charge in [-0.3, -0.25) is 0 Å². The first kappa shape index (κ1) is 14.5. The van der Waals surface area contributed by atoms with Crippen molar-refractivity contribution in [3.05, 3.63) is 34.6 Å². The molecule has 0 heterocycles. The quantitative estimate of drug-likeness (QED) is 0.823. The van der Waals surface area contributed by atoms with Crippen molar-refractivity contribution >= 4 is 0 Å². The molecule has 0 spiro atoms. The molecular weight excluding hydrogens is 237 g/mol. The Morgan fingerprint density at radius 3 is 2.26 bits per heavy atom. The second kappa shape index (κ2) is 5.24. The molecule has 1 nitrogen and oxygen atoms in total. The lowest BCUT2D eigenvalue weighted by molar-refractivity contribution is 0.413. The number of rotatable bonds is 5. The number of halogens is 1. The second-order valence-corrected chi connectivity index (χ2v) is 6.68. The van der Waals surface area contributed by atoms with Gasteiger partial charge in [-0.15, -0.1) is 0 Å². The van der Waals surface area contributed by atoms with Crippen LogP contribution in [0.3, 0.4) is 0 Å². The van der Waals surface area contributed by atoms with E-state index in [1.807, 2.05) is 13.8 Å². The highest BCUT2D eigenvalue weighted by Crippen LogP contribution is 2.58. The summed E-state index contributed by atoms with van der Waals surface area (Å²) in [6.45, 7) is 11.9. The average molecular weight is 263 g/mol. The van der Waals surface area contributed by atoms with E-state index in [0.29, 0.717) is 17.4 Å². The zero-order chi connectivity index (χ0) is 14.2. The van der Waals surface area contributed by atoms with Crippen molar-refractivity contribution in [2.24, 2.45) is 11.3 Å². The molecule has 1 fully saturated rings. The van der Waals surface area contributed by atoms with Gasteiger partial charge in [-0.1, -0.05) is 20.8 Å². The summed E-state index contributed by atoms with van der Waals surface area (Å²) in [6.07, 6.45) is 2.38. The van der Waals surface area contributed by atoms with Gasteiger partial charge in [-0.05, 0) is 73.4 Å². The van der Waals surface area contributed by atoms with E-state index in [1.54, 1.807) is 12.1 Å². The van der Waals surface area contributed by atoms with Gasteiger partial charge in [0, 0.05) is 6.04 Å². The fraction of sp³-hybridized carbons (Fsp3) is 0.647. The van der Waals surface area contributed by atoms with Gasteiger partial charge in [-0.2, -0.15) is 0 Å². The van der Waals surface area contributed by atoms with Crippen LogP contribution < -0.4 is 5.32 Å². The molecule has 1 aromatic rings. The summed E-state index contributed by atoms with van der Waals surface area (Å²) in [5.41, 5.74) is 3.88. The molecule has 1 N–H and O–H groups in total. The summed E-state index contributed by atoms with van der Waals surface area (Å²) in [5.74, 6) is 0.546. The van der Waals surface area contributed by atoms with Crippen molar-refractivity contribution in [2.45, 2.75) is 53.5 Å². The molecule has 2 rings (SSSR count). The van der Waals surface area contributed by atoms with E-state index in [2.05, 4.69) is 26.1 Å². The number of aryl methyl sites for hydroxylation is 2. The first-order valence-corrected chi connectivity index (χ1v) is 7.37. The lowest BCUT2D eigenvalue weighted by Crippen LogP contribution is -2.27. The molecule has 2 unspecified atom stereocenters. The molecule has 19 heavy (non-hydrogen) atoms.